The van der Waals surface area contributed by atoms with Crippen LogP contribution in [0.15, 0.2) is 18.2 Å². The van der Waals surface area contributed by atoms with Crippen LogP contribution in [0.3, 0.4) is 0 Å². The van der Waals surface area contributed by atoms with E-state index in [2.05, 4.69) is 4.98 Å². The summed E-state index contributed by atoms with van der Waals surface area (Å²) >= 11 is 0. The zero-order valence-corrected chi connectivity index (χ0v) is 11.3. The molecular formula is C14H17FN2O3. The summed E-state index contributed by atoms with van der Waals surface area (Å²) in [5.74, 6) is -2.01. The average molecular weight is 280 g/mol. The normalized spacial score (nSPS) is 22.6. The largest absolute Gasteiger partial charge is 0.481 e. The highest BCUT2D eigenvalue weighted by atomic mass is 19.1. The summed E-state index contributed by atoms with van der Waals surface area (Å²) in [6.45, 7) is 2.43. The molecule has 1 aromatic rings. The van der Waals surface area contributed by atoms with E-state index in [4.69, 9.17) is 0 Å². The van der Waals surface area contributed by atoms with Gasteiger partial charge in [-0.05, 0) is 31.4 Å². The smallest absolute Gasteiger partial charge is 0.311 e. The van der Waals surface area contributed by atoms with Gasteiger partial charge < -0.3 is 10.0 Å². The average Bonchev–Trinajstić information content (AvgIpc) is 2.46. The number of rotatable bonds is 3. The lowest BCUT2D eigenvalue weighted by molar-refractivity contribution is -0.152. The molecule has 0 radical (unpaired) electrons. The van der Waals surface area contributed by atoms with Crippen molar-refractivity contribution in [3.8, 4) is 0 Å². The minimum absolute atomic E-state index is 0.0160. The van der Waals surface area contributed by atoms with Crippen molar-refractivity contribution in [3.63, 3.8) is 0 Å². The first-order valence-electron chi connectivity index (χ1n) is 6.64. The third kappa shape index (κ3) is 2.64. The Morgan fingerprint density at radius 3 is 2.85 bits per heavy atom. The number of nitrogens with zero attached hydrogens (tertiary/aromatic N) is 2. The number of carboxylic acid groups (broad SMARTS) is 1. The number of pyridine rings is 1. The molecule has 0 aliphatic carbocycles. The molecule has 0 spiro atoms. The molecule has 1 aliphatic rings. The standard InChI is InChI=1S/C14H17FN2O3/c1-2-14(13(19)20)7-4-8-17(9-14)12(18)10-5-3-6-11(15)16-10/h3,5-6H,2,4,7-9H2,1H3,(H,19,20). The maximum absolute atomic E-state index is 13.1. The van der Waals surface area contributed by atoms with Crippen molar-refractivity contribution in [2.45, 2.75) is 26.2 Å². The van der Waals surface area contributed by atoms with Gasteiger partial charge in [0.15, 0.2) is 0 Å². The molecule has 1 N–H and O–H groups in total. The molecule has 1 amide bonds. The third-order valence-corrected chi connectivity index (χ3v) is 3.93. The van der Waals surface area contributed by atoms with Crippen LogP contribution >= 0.6 is 0 Å². The third-order valence-electron chi connectivity index (χ3n) is 3.93. The van der Waals surface area contributed by atoms with Gasteiger partial charge in [0.1, 0.15) is 5.69 Å². The Labute approximate surface area is 116 Å². The molecule has 2 heterocycles. The summed E-state index contributed by atoms with van der Waals surface area (Å²) in [4.78, 5) is 28.8. The van der Waals surface area contributed by atoms with Gasteiger partial charge >= 0.3 is 5.97 Å². The molecule has 5 nitrogen and oxygen atoms in total. The van der Waals surface area contributed by atoms with Crippen LogP contribution in [-0.4, -0.2) is 40.0 Å². The van der Waals surface area contributed by atoms with Gasteiger partial charge in [0.2, 0.25) is 5.95 Å². The first kappa shape index (κ1) is 14.4. The predicted molar refractivity (Wildman–Crippen MR) is 69.7 cm³/mol. The molecule has 0 bridgehead atoms. The zero-order chi connectivity index (χ0) is 14.8. The molecule has 20 heavy (non-hydrogen) atoms. The highest BCUT2D eigenvalue weighted by Gasteiger charge is 2.42. The van der Waals surface area contributed by atoms with E-state index < -0.39 is 23.2 Å². The number of carbonyl (C=O) groups excluding carboxylic acids is 1. The number of likely N-dealkylation sites (tertiary alicyclic amines) is 1. The Kier molecular flexibility index (Phi) is 4.01. The monoisotopic (exact) mass is 280 g/mol. The number of amides is 1. The van der Waals surface area contributed by atoms with Crippen LogP contribution in [0, 0.1) is 11.4 Å². The molecule has 108 valence electrons. The topological polar surface area (TPSA) is 70.5 Å². The van der Waals surface area contributed by atoms with Gasteiger partial charge in [-0.25, -0.2) is 4.98 Å². The first-order valence-corrected chi connectivity index (χ1v) is 6.64. The number of hydrogen-bond donors (Lipinski definition) is 1. The van der Waals surface area contributed by atoms with E-state index in [0.717, 1.165) is 0 Å². The van der Waals surface area contributed by atoms with Crippen LogP contribution in [0.5, 0.6) is 0 Å². The first-order chi connectivity index (χ1) is 9.48. The second-order valence-electron chi connectivity index (χ2n) is 5.11. The summed E-state index contributed by atoms with van der Waals surface area (Å²) in [7, 11) is 0. The van der Waals surface area contributed by atoms with Crippen LogP contribution in [0.25, 0.3) is 0 Å². The number of aromatic nitrogens is 1. The van der Waals surface area contributed by atoms with Gasteiger partial charge in [0.25, 0.3) is 5.91 Å². The Morgan fingerprint density at radius 2 is 2.25 bits per heavy atom. The lowest BCUT2D eigenvalue weighted by Crippen LogP contribution is -2.49. The van der Waals surface area contributed by atoms with Gasteiger partial charge in [0, 0.05) is 13.1 Å². The van der Waals surface area contributed by atoms with Crippen molar-refractivity contribution in [2.24, 2.45) is 5.41 Å². The molecule has 1 aromatic heterocycles. The van der Waals surface area contributed by atoms with Crippen LogP contribution in [-0.2, 0) is 4.79 Å². The lowest BCUT2D eigenvalue weighted by Gasteiger charge is -2.39. The van der Waals surface area contributed by atoms with E-state index >= 15 is 0 Å². The van der Waals surface area contributed by atoms with E-state index in [9.17, 15) is 19.1 Å². The molecule has 1 unspecified atom stereocenters. The SMILES string of the molecule is CCC1(C(=O)O)CCCN(C(=O)c2cccc(F)n2)C1. The van der Waals surface area contributed by atoms with Gasteiger partial charge in [-0.3, -0.25) is 9.59 Å². The van der Waals surface area contributed by atoms with Crippen LogP contribution < -0.4 is 0 Å². The fourth-order valence-corrected chi connectivity index (χ4v) is 2.61. The number of aliphatic carboxylic acids is 1. The molecule has 6 heteroatoms. The molecule has 1 saturated heterocycles. The highest BCUT2D eigenvalue weighted by Crippen LogP contribution is 2.34. The Morgan fingerprint density at radius 1 is 1.50 bits per heavy atom. The minimum atomic E-state index is -0.902. The van der Waals surface area contributed by atoms with Crippen molar-refractivity contribution in [1.29, 1.82) is 0 Å². The maximum Gasteiger partial charge on any atom is 0.311 e. The van der Waals surface area contributed by atoms with E-state index in [1.165, 1.54) is 23.1 Å². The molecule has 0 aromatic carbocycles. The van der Waals surface area contributed by atoms with E-state index in [-0.39, 0.29) is 12.2 Å². The highest BCUT2D eigenvalue weighted by molar-refractivity contribution is 5.92. The Bertz CT molecular complexity index is 535. The number of carbonyl (C=O) groups is 2. The van der Waals surface area contributed by atoms with Gasteiger partial charge in [-0.15, -0.1) is 0 Å². The number of halogens is 1. The Hall–Kier alpha value is -1.98. The fraction of sp³-hybridized carbons (Fsp3) is 0.500. The number of hydrogen-bond acceptors (Lipinski definition) is 3. The number of piperidine rings is 1. The van der Waals surface area contributed by atoms with Crippen molar-refractivity contribution in [3.05, 3.63) is 29.8 Å². The van der Waals surface area contributed by atoms with Crippen LogP contribution in [0.4, 0.5) is 4.39 Å². The molecule has 0 saturated carbocycles. The zero-order valence-electron chi connectivity index (χ0n) is 11.3. The molecule has 1 atom stereocenters. The van der Waals surface area contributed by atoms with E-state index in [1.807, 2.05) is 6.92 Å². The summed E-state index contributed by atoms with van der Waals surface area (Å²) in [6, 6.07) is 4.03. The number of carboxylic acids is 1. The molecule has 2 rings (SSSR count). The maximum atomic E-state index is 13.1. The van der Waals surface area contributed by atoms with Crippen LogP contribution in [0.2, 0.25) is 0 Å². The van der Waals surface area contributed by atoms with Crippen LogP contribution in [0.1, 0.15) is 36.7 Å². The van der Waals surface area contributed by atoms with E-state index in [0.29, 0.717) is 25.8 Å². The van der Waals surface area contributed by atoms with Gasteiger partial charge in [-0.1, -0.05) is 13.0 Å². The molecule has 1 aliphatic heterocycles. The Balaban J connectivity index is 2.21. The lowest BCUT2D eigenvalue weighted by atomic mass is 9.77. The second kappa shape index (κ2) is 5.56. The van der Waals surface area contributed by atoms with Crippen molar-refractivity contribution < 1.29 is 19.1 Å². The summed E-state index contributed by atoms with van der Waals surface area (Å²) in [6.07, 6.45) is 1.64. The summed E-state index contributed by atoms with van der Waals surface area (Å²) < 4.78 is 13.1. The van der Waals surface area contributed by atoms with Crippen molar-refractivity contribution in [2.75, 3.05) is 13.1 Å². The van der Waals surface area contributed by atoms with Crippen molar-refractivity contribution in [1.82, 2.24) is 9.88 Å². The summed E-state index contributed by atoms with van der Waals surface area (Å²) in [5, 5.41) is 9.39. The molecular weight excluding hydrogens is 263 g/mol. The van der Waals surface area contributed by atoms with E-state index in [1.54, 1.807) is 0 Å². The minimum Gasteiger partial charge on any atom is -0.481 e. The van der Waals surface area contributed by atoms with Gasteiger partial charge in [0.05, 0.1) is 5.41 Å². The van der Waals surface area contributed by atoms with Crippen molar-refractivity contribution >= 4 is 11.9 Å². The molecule has 1 fully saturated rings. The fourth-order valence-electron chi connectivity index (χ4n) is 2.61. The quantitative estimate of drug-likeness (QED) is 0.859. The van der Waals surface area contributed by atoms with Gasteiger partial charge in [-0.2, -0.15) is 4.39 Å². The summed E-state index contributed by atoms with van der Waals surface area (Å²) in [5.41, 5.74) is -0.886. The second-order valence-corrected chi connectivity index (χ2v) is 5.11. The predicted octanol–water partition coefficient (Wildman–Crippen LogP) is 1.94.